The summed E-state index contributed by atoms with van der Waals surface area (Å²) < 4.78 is 5.54. The molecule has 0 fully saturated rings. The molecule has 25 heavy (non-hydrogen) atoms. The number of rotatable bonds is 4. The summed E-state index contributed by atoms with van der Waals surface area (Å²) in [6.45, 7) is 0. The van der Waals surface area contributed by atoms with Gasteiger partial charge in [-0.05, 0) is 29.8 Å². The van der Waals surface area contributed by atoms with E-state index in [2.05, 4.69) is 47.5 Å². The maximum absolute atomic E-state index is 5.54. The van der Waals surface area contributed by atoms with Gasteiger partial charge in [-0.1, -0.05) is 60.7 Å². The normalized spacial score (nSPS) is 16.6. The van der Waals surface area contributed by atoms with Gasteiger partial charge < -0.3 is 4.74 Å². The molecule has 0 bridgehead atoms. The van der Waals surface area contributed by atoms with Crippen molar-refractivity contribution in [2.75, 3.05) is 12.1 Å². The number of ether oxygens (including phenoxy) is 1. The minimum Gasteiger partial charge on any atom is -0.496 e. The van der Waals surface area contributed by atoms with Crippen LogP contribution in [-0.4, -0.2) is 12.8 Å². The lowest BCUT2D eigenvalue weighted by atomic mass is 9.98. The van der Waals surface area contributed by atoms with Crippen molar-refractivity contribution >= 4 is 11.4 Å². The second kappa shape index (κ2) is 6.81. The van der Waals surface area contributed by atoms with Crippen molar-refractivity contribution in [3.63, 3.8) is 0 Å². The molecule has 4 rings (SSSR count). The first kappa shape index (κ1) is 15.5. The van der Waals surface area contributed by atoms with Crippen molar-refractivity contribution in [1.82, 2.24) is 0 Å². The van der Waals surface area contributed by atoms with Crippen LogP contribution >= 0.6 is 0 Å². The monoisotopic (exact) mass is 328 g/mol. The lowest BCUT2D eigenvalue weighted by Crippen LogP contribution is -2.18. The molecular weight excluding hydrogens is 308 g/mol. The average Bonchev–Trinajstić information content (AvgIpc) is 3.14. The van der Waals surface area contributed by atoms with Gasteiger partial charge in [0.1, 0.15) is 5.75 Å². The van der Waals surface area contributed by atoms with Crippen molar-refractivity contribution < 1.29 is 4.74 Å². The lowest BCUT2D eigenvalue weighted by molar-refractivity contribution is 0.414. The lowest BCUT2D eigenvalue weighted by Gasteiger charge is -2.23. The molecule has 0 aliphatic carbocycles. The molecular formula is C22H20N2O. The third-order valence-electron chi connectivity index (χ3n) is 4.53. The van der Waals surface area contributed by atoms with Crippen molar-refractivity contribution in [1.29, 1.82) is 0 Å². The van der Waals surface area contributed by atoms with Crippen molar-refractivity contribution in [3.8, 4) is 5.75 Å². The Balaban J connectivity index is 1.77. The van der Waals surface area contributed by atoms with Crippen LogP contribution in [-0.2, 0) is 0 Å². The molecule has 0 saturated heterocycles. The highest BCUT2D eigenvalue weighted by molar-refractivity contribution is 6.05. The predicted octanol–water partition coefficient (Wildman–Crippen LogP) is 5.05. The van der Waals surface area contributed by atoms with Crippen LogP contribution in [0.3, 0.4) is 0 Å². The van der Waals surface area contributed by atoms with Crippen LogP contribution in [0.1, 0.15) is 23.6 Å². The Morgan fingerprint density at radius 2 is 1.48 bits per heavy atom. The second-order valence-corrected chi connectivity index (χ2v) is 6.06. The van der Waals surface area contributed by atoms with Gasteiger partial charge in [0.2, 0.25) is 0 Å². The summed E-state index contributed by atoms with van der Waals surface area (Å²) in [5.41, 5.74) is 4.47. The van der Waals surface area contributed by atoms with Crippen LogP contribution in [0.5, 0.6) is 5.75 Å². The van der Waals surface area contributed by atoms with Crippen LogP contribution in [0.2, 0.25) is 0 Å². The molecule has 0 radical (unpaired) electrons. The van der Waals surface area contributed by atoms with E-state index in [0.29, 0.717) is 0 Å². The van der Waals surface area contributed by atoms with E-state index in [1.54, 1.807) is 7.11 Å². The first-order valence-corrected chi connectivity index (χ1v) is 8.47. The fraction of sp³-hybridized carbons (Fsp3) is 0.136. The largest absolute Gasteiger partial charge is 0.496 e. The Morgan fingerprint density at radius 3 is 2.20 bits per heavy atom. The van der Waals surface area contributed by atoms with Gasteiger partial charge >= 0.3 is 0 Å². The molecule has 0 N–H and O–H groups in total. The Hall–Kier alpha value is -3.07. The topological polar surface area (TPSA) is 24.8 Å². The molecule has 3 nitrogen and oxygen atoms in total. The molecule has 0 amide bonds. The Kier molecular flexibility index (Phi) is 4.21. The van der Waals surface area contributed by atoms with Crippen LogP contribution in [0.25, 0.3) is 0 Å². The van der Waals surface area contributed by atoms with Crippen LogP contribution in [0, 0.1) is 0 Å². The van der Waals surface area contributed by atoms with Crippen LogP contribution < -0.4 is 9.75 Å². The van der Waals surface area contributed by atoms with Gasteiger partial charge in [-0.15, -0.1) is 0 Å². The van der Waals surface area contributed by atoms with Gasteiger partial charge in [0.25, 0.3) is 0 Å². The maximum atomic E-state index is 5.54. The quantitative estimate of drug-likeness (QED) is 0.669. The van der Waals surface area contributed by atoms with Crippen LogP contribution in [0.15, 0.2) is 90.0 Å². The third-order valence-corrected chi connectivity index (χ3v) is 4.53. The maximum Gasteiger partial charge on any atom is 0.127 e. The van der Waals surface area contributed by atoms with Gasteiger partial charge in [-0.3, -0.25) is 5.01 Å². The molecule has 3 aromatic rings. The van der Waals surface area contributed by atoms with E-state index in [4.69, 9.17) is 9.84 Å². The summed E-state index contributed by atoms with van der Waals surface area (Å²) in [4.78, 5) is 0. The minimum atomic E-state index is 0.184. The molecule has 3 aromatic carbocycles. The first-order chi connectivity index (χ1) is 12.4. The Labute approximate surface area is 148 Å². The highest BCUT2D eigenvalue weighted by Crippen LogP contribution is 2.37. The zero-order valence-corrected chi connectivity index (χ0v) is 14.2. The Bertz CT molecular complexity index is 875. The van der Waals surface area contributed by atoms with Crippen molar-refractivity contribution in [3.05, 3.63) is 96.1 Å². The Morgan fingerprint density at radius 1 is 0.840 bits per heavy atom. The van der Waals surface area contributed by atoms with E-state index >= 15 is 0 Å². The molecule has 1 aliphatic heterocycles. The second-order valence-electron chi connectivity index (χ2n) is 6.06. The number of benzene rings is 3. The SMILES string of the molecule is COc1ccccc1C1=NN(c2ccccc2)C(c2ccccc2)C1. The van der Waals surface area contributed by atoms with Gasteiger partial charge in [0, 0.05) is 12.0 Å². The highest BCUT2D eigenvalue weighted by atomic mass is 16.5. The summed E-state index contributed by atoms with van der Waals surface area (Å²) in [5, 5.41) is 7.09. The molecule has 1 unspecified atom stereocenters. The number of anilines is 1. The molecule has 1 heterocycles. The van der Waals surface area contributed by atoms with Gasteiger partial charge in [0.05, 0.1) is 24.6 Å². The molecule has 124 valence electrons. The average molecular weight is 328 g/mol. The van der Waals surface area contributed by atoms with Gasteiger partial charge in [-0.25, -0.2) is 0 Å². The van der Waals surface area contributed by atoms with E-state index in [1.165, 1.54) is 5.56 Å². The van der Waals surface area contributed by atoms with Crippen molar-refractivity contribution in [2.24, 2.45) is 5.10 Å². The molecule has 1 aliphatic rings. The molecule has 3 heteroatoms. The van der Waals surface area contributed by atoms with E-state index in [1.807, 2.05) is 42.5 Å². The number of para-hydroxylation sites is 2. The smallest absolute Gasteiger partial charge is 0.127 e. The van der Waals surface area contributed by atoms with E-state index in [0.717, 1.165) is 29.1 Å². The summed E-state index contributed by atoms with van der Waals surface area (Å²) in [7, 11) is 1.71. The van der Waals surface area contributed by atoms with E-state index in [-0.39, 0.29) is 6.04 Å². The number of hydrogen-bond acceptors (Lipinski definition) is 3. The number of nitrogens with zero attached hydrogens (tertiary/aromatic N) is 2. The molecule has 1 atom stereocenters. The summed E-state index contributed by atoms with van der Waals surface area (Å²) in [6, 6.07) is 29.1. The molecule has 0 spiro atoms. The summed E-state index contributed by atoms with van der Waals surface area (Å²) in [5.74, 6) is 0.864. The summed E-state index contributed by atoms with van der Waals surface area (Å²) in [6.07, 6.45) is 0.847. The van der Waals surface area contributed by atoms with E-state index < -0.39 is 0 Å². The third kappa shape index (κ3) is 3.01. The van der Waals surface area contributed by atoms with Crippen LogP contribution in [0.4, 0.5) is 5.69 Å². The summed E-state index contributed by atoms with van der Waals surface area (Å²) >= 11 is 0. The van der Waals surface area contributed by atoms with E-state index in [9.17, 15) is 0 Å². The molecule has 0 aromatic heterocycles. The number of methoxy groups -OCH3 is 1. The molecule has 0 saturated carbocycles. The standard InChI is InChI=1S/C22H20N2O/c1-25-22-15-9-8-14-19(22)20-16-21(17-10-4-2-5-11-17)24(23-20)18-12-6-3-7-13-18/h2-15,21H,16H2,1H3. The highest BCUT2D eigenvalue weighted by Gasteiger charge is 2.30. The zero-order chi connectivity index (χ0) is 17.1. The number of hydrogen-bond donors (Lipinski definition) is 0. The fourth-order valence-electron chi connectivity index (χ4n) is 3.31. The fourth-order valence-corrected chi connectivity index (χ4v) is 3.31. The number of hydrazone groups is 1. The minimum absolute atomic E-state index is 0.184. The van der Waals surface area contributed by atoms with Gasteiger partial charge in [-0.2, -0.15) is 5.10 Å². The first-order valence-electron chi connectivity index (χ1n) is 8.47. The van der Waals surface area contributed by atoms with Gasteiger partial charge in [0.15, 0.2) is 0 Å². The van der Waals surface area contributed by atoms with Crippen molar-refractivity contribution in [2.45, 2.75) is 12.5 Å². The predicted molar refractivity (Wildman–Crippen MR) is 102 cm³/mol. The zero-order valence-electron chi connectivity index (χ0n) is 14.2.